The van der Waals surface area contributed by atoms with Crippen molar-refractivity contribution in [3.8, 4) is 11.8 Å². The molecule has 0 aliphatic heterocycles. The average molecular weight is 449 g/mol. The van der Waals surface area contributed by atoms with Crippen LogP contribution >= 0.6 is 11.6 Å². The summed E-state index contributed by atoms with van der Waals surface area (Å²) in [4.78, 5) is 0. The van der Waals surface area contributed by atoms with Crippen molar-refractivity contribution in [2.75, 3.05) is 13.2 Å². The number of halogens is 2. The first-order chi connectivity index (χ1) is 8.13. The Kier molecular flexibility index (Phi) is 10.5. The number of nitriles is 1. The maximum atomic E-state index is 12.9. The van der Waals surface area contributed by atoms with Crippen molar-refractivity contribution >= 4 is 37.8 Å². The molecule has 0 saturated carbocycles. The summed E-state index contributed by atoms with van der Waals surface area (Å²) in [5, 5.41) is 7.96. The molecule has 0 aliphatic carbocycles. The summed E-state index contributed by atoms with van der Waals surface area (Å²) in [5.74, 6) is 0.618. The van der Waals surface area contributed by atoms with Crippen LogP contribution in [0.1, 0.15) is 6.92 Å². The monoisotopic (exact) mass is 449 g/mol. The van der Waals surface area contributed by atoms with Crippen LogP contribution < -0.4 is 4.74 Å². The van der Waals surface area contributed by atoms with Crippen molar-refractivity contribution in [1.29, 1.82) is 5.26 Å². The number of alkyl halides is 1. The summed E-state index contributed by atoms with van der Waals surface area (Å²) in [5.41, 5.74) is 0. The van der Waals surface area contributed by atoms with E-state index in [0.29, 0.717) is 37.0 Å². The molecule has 6 heteroatoms. The first-order valence-corrected chi connectivity index (χ1v) is 7.00. The fourth-order valence-electron chi connectivity index (χ4n) is 0.870. The van der Waals surface area contributed by atoms with E-state index < -0.39 is 6.17 Å². The van der Waals surface area contributed by atoms with Gasteiger partial charge < -0.3 is 0 Å². The summed E-state index contributed by atoms with van der Waals surface area (Å²) >= 11 is 6.05. The quantitative estimate of drug-likeness (QED) is 0.650. The van der Waals surface area contributed by atoms with Gasteiger partial charge in [-0.1, -0.05) is 0 Å². The van der Waals surface area contributed by atoms with Crippen LogP contribution in [0.25, 0.3) is 0 Å². The summed E-state index contributed by atoms with van der Waals surface area (Å²) < 4.78 is 22.9. The number of ether oxygens (including phenoxy) is 1. The molecule has 1 rings (SSSR count). The molecule has 0 unspecified atom stereocenters. The second kappa shape index (κ2) is 10.7. The van der Waals surface area contributed by atoms with Crippen molar-refractivity contribution in [3.05, 3.63) is 29.3 Å². The van der Waals surface area contributed by atoms with Crippen molar-refractivity contribution in [3.63, 3.8) is 0 Å². The summed E-state index contributed by atoms with van der Waals surface area (Å²) in [7, 11) is 0. The van der Waals surface area contributed by atoms with Gasteiger partial charge in [-0.25, -0.2) is 0 Å². The van der Waals surface area contributed by atoms with Crippen molar-refractivity contribution in [2.24, 2.45) is 0 Å². The van der Waals surface area contributed by atoms with Gasteiger partial charge in [-0.3, -0.25) is 0 Å². The Balaban J connectivity index is 0.000000770. The van der Waals surface area contributed by atoms with Crippen LogP contribution in [0.5, 0.6) is 5.75 Å². The fourth-order valence-corrected chi connectivity index (χ4v) is 1.81. The number of benzene rings is 1. The Morgan fingerprint density at radius 3 is 2.41 bits per heavy atom. The maximum absolute atomic E-state index is 12.9. The third kappa shape index (κ3) is 9.33. The van der Waals surface area contributed by atoms with Gasteiger partial charge in [-0.05, 0) is 0 Å². The first-order valence-electron chi connectivity index (χ1n) is 4.79. The minimum atomic E-state index is -1.06. The molecule has 0 spiro atoms. The topological polar surface area (TPSA) is 42.2 Å². The molecule has 0 bridgehead atoms. The Morgan fingerprint density at radius 2 is 1.94 bits per heavy atom. The molecule has 0 aliphatic rings. The number of hydrogen-bond donors (Lipinski definition) is 0. The van der Waals surface area contributed by atoms with Crippen molar-refractivity contribution in [1.82, 2.24) is 0 Å². The van der Waals surface area contributed by atoms with E-state index in [-0.39, 0.29) is 13.2 Å². The van der Waals surface area contributed by atoms with Gasteiger partial charge in [0.05, 0.1) is 6.07 Å². The molecule has 17 heavy (non-hydrogen) atoms. The molecular formula is C11H12ClFNO2Tl. The Morgan fingerprint density at radius 1 is 1.41 bits per heavy atom. The number of nitrogens with zero attached hydrogens (tertiary/aromatic N) is 1. The van der Waals surface area contributed by atoms with Crippen molar-refractivity contribution in [2.45, 2.75) is 13.1 Å². The minimum absolute atomic E-state index is 0.0222. The molecule has 0 N–H and O–H groups in total. The third-order valence-corrected chi connectivity index (χ3v) is 2.52. The fraction of sp³-hybridized carbons (Fsp3) is 0.364. The van der Waals surface area contributed by atoms with Gasteiger partial charge in [0.25, 0.3) is 0 Å². The first kappa shape index (κ1) is 16.6. The Labute approximate surface area is 122 Å². The Hall–Kier alpha value is -0.388. The Bertz CT molecular complexity index is 342. The molecule has 0 radical (unpaired) electrons. The molecule has 0 fully saturated rings. The second-order valence-corrected chi connectivity index (χ2v) is 4.65. The van der Waals surface area contributed by atoms with Gasteiger partial charge >= 0.3 is 104 Å². The van der Waals surface area contributed by atoms with Crippen LogP contribution in [0, 0.1) is 11.3 Å². The number of rotatable bonds is 5. The van der Waals surface area contributed by atoms with Gasteiger partial charge in [-0.15, -0.1) is 0 Å². The van der Waals surface area contributed by atoms with Gasteiger partial charge in [-0.2, -0.15) is 5.26 Å². The van der Waals surface area contributed by atoms with E-state index in [9.17, 15) is 4.39 Å². The van der Waals surface area contributed by atoms with Gasteiger partial charge in [0.1, 0.15) is 0 Å². The SMILES string of the molecule is CC#N.F[C@@H](C[O][Tl])COc1ccc(Cl)cc1. The summed E-state index contributed by atoms with van der Waals surface area (Å²) in [6, 6.07) is 8.57. The zero-order valence-electron chi connectivity index (χ0n) is 9.40. The normalized spacial score (nSPS) is 10.6. The third-order valence-electron chi connectivity index (χ3n) is 1.52. The molecule has 0 heterocycles. The molecule has 1 atom stereocenters. The van der Waals surface area contributed by atoms with Gasteiger partial charge in [0.15, 0.2) is 0 Å². The van der Waals surface area contributed by atoms with E-state index in [1.165, 1.54) is 6.92 Å². The van der Waals surface area contributed by atoms with Crippen LogP contribution in [0.3, 0.4) is 0 Å². The van der Waals surface area contributed by atoms with Gasteiger partial charge in [0.2, 0.25) is 0 Å². The van der Waals surface area contributed by atoms with E-state index in [2.05, 4.69) is 0 Å². The molecule has 0 saturated heterocycles. The van der Waals surface area contributed by atoms with Crippen LogP contribution in [0.4, 0.5) is 4.39 Å². The number of hydrogen-bond acceptors (Lipinski definition) is 3. The van der Waals surface area contributed by atoms with Crippen LogP contribution in [-0.4, -0.2) is 45.6 Å². The predicted octanol–water partition coefficient (Wildman–Crippen LogP) is 2.69. The molecule has 0 amide bonds. The van der Waals surface area contributed by atoms with Crippen LogP contribution in [-0.2, 0) is 2.69 Å². The average Bonchev–Trinajstić information content (AvgIpc) is 2.30. The van der Waals surface area contributed by atoms with Gasteiger partial charge in [0, 0.05) is 6.92 Å². The summed E-state index contributed by atoms with van der Waals surface area (Å²) in [6.45, 7) is 1.58. The van der Waals surface area contributed by atoms with E-state index in [0.717, 1.165) is 0 Å². The zero-order chi connectivity index (χ0) is 13.1. The van der Waals surface area contributed by atoms with E-state index in [1.807, 2.05) is 0 Å². The van der Waals surface area contributed by atoms with E-state index in [4.69, 9.17) is 24.3 Å². The summed E-state index contributed by atoms with van der Waals surface area (Å²) in [6.07, 6.45) is -1.06. The molecule has 0 aromatic heterocycles. The molecule has 1 aromatic rings. The molecular weight excluding hydrogens is 437 g/mol. The molecule has 1 aromatic carbocycles. The molecule has 90 valence electrons. The van der Waals surface area contributed by atoms with Crippen LogP contribution in [0.15, 0.2) is 24.3 Å². The zero-order valence-corrected chi connectivity index (χ0v) is 14.6. The van der Waals surface area contributed by atoms with E-state index >= 15 is 0 Å². The second-order valence-electron chi connectivity index (χ2n) is 2.92. The van der Waals surface area contributed by atoms with E-state index in [1.54, 1.807) is 30.3 Å². The van der Waals surface area contributed by atoms with Crippen LogP contribution in [0.2, 0.25) is 5.02 Å². The predicted molar refractivity (Wildman–Crippen MR) is 64.8 cm³/mol. The molecule has 3 nitrogen and oxygen atoms in total. The standard InChI is InChI=1S/C9H9ClFO2.C2H3N.Tl/c10-7-1-3-9(4-2-7)13-6-8(11)5-12;1-2-3;/h1-4,8H,5-6H2;1H3;/q-1;;+1/t8-;;/m0../s1. The van der Waals surface area contributed by atoms with Crippen molar-refractivity contribution < 1.29 is 11.8 Å².